The van der Waals surface area contributed by atoms with Crippen LogP contribution in [0, 0.1) is 17.0 Å². The summed E-state index contributed by atoms with van der Waals surface area (Å²) in [5.41, 5.74) is 1.80. The molecular weight excluding hydrogens is 268 g/mol. The van der Waals surface area contributed by atoms with Crippen LogP contribution < -0.4 is 5.32 Å². The Kier molecular flexibility index (Phi) is 5.57. The highest BCUT2D eigenvalue weighted by molar-refractivity contribution is 6.29. The van der Waals surface area contributed by atoms with Crippen molar-refractivity contribution in [2.75, 3.05) is 13.6 Å². The van der Waals surface area contributed by atoms with Gasteiger partial charge in [0.05, 0.1) is 17.2 Å². The van der Waals surface area contributed by atoms with Crippen LogP contribution in [0.25, 0.3) is 0 Å². The molecule has 1 heterocycles. The average Bonchev–Trinajstić information content (AvgIpc) is 2.37. The molecule has 0 aliphatic heterocycles. The summed E-state index contributed by atoms with van der Waals surface area (Å²) in [4.78, 5) is 16.2. The van der Waals surface area contributed by atoms with E-state index in [1.807, 2.05) is 24.8 Å². The summed E-state index contributed by atoms with van der Waals surface area (Å²) in [6, 6.07) is 3.61. The smallest absolute Gasteiger partial charge is 0.274 e. The number of hydrogen-bond acceptors (Lipinski definition) is 5. The number of nitrogens with zero attached hydrogens (tertiary/aromatic N) is 3. The molecule has 0 amide bonds. The average molecular weight is 285 g/mol. The van der Waals surface area contributed by atoms with Gasteiger partial charge in [-0.05, 0) is 25.5 Å². The Hall–Kier alpha value is -1.82. The van der Waals surface area contributed by atoms with Gasteiger partial charge in [-0.25, -0.2) is 4.98 Å². The van der Waals surface area contributed by atoms with E-state index >= 15 is 0 Å². The fraction of sp³-hybridized carbons (Fsp3) is 0.417. The molecule has 7 heteroatoms. The predicted octanol–water partition coefficient (Wildman–Crippen LogP) is 2.16. The molecule has 0 atom stereocenters. The van der Waals surface area contributed by atoms with Crippen LogP contribution in [-0.2, 0) is 6.54 Å². The summed E-state index contributed by atoms with van der Waals surface area (Å²) in [5, 5.41) is 13.8. The molecule has 0 saturated heterocycles. The topological polar surface area (TPSA) is 71.3 Å². The molecule has 19 heavy (non-hydrogen) atoms. The molecule has 1 N–H and O–H groups in total. The third-order valence-electron chi connectivity index (χ3n) is 2.71. The van der Waals surface area contributed by atoms with Crippen molar-refractivity contribution in [3.05, 3.63) is 50.7 Å². The molecule has 0 aliphatic carbocycles. The Bertz CT molecular complexity index is 491. The van der Waals surface area contributed by atoms with Crippen LogP contribution in [0.15, 0.2) is 24.2 Å². The first-order valence-electron chi connectivity index (χ1n) is 5.88. The summed E-state index contributed by atoms with van der Waals surface area (Å²) in [6.07, 6.45) is 0.948. The van der Waals surface area contributed by atoms with Crippen LogP contribution in [0.1, 0.15) is 18.2 Å². The number of aromatic nitrogens is 1. The lowest BCUT2D eigenvalue weighted by atomic mass is 10.2. The van der Waals surface area contributed by atoms with Crippen LogP contribution in [-0.4, -0.2) is 28.4 Å². The summed E-state index contributed by atoms with van der Waals surface area (Å²) < 4.78 is 0. The lowest BCUT2D eigenvalue weighted by Gasteiger charge is -2.24. The van der Waals surface area contributed by atoms with Gasteiger partial charge in [0.2, 0.25) is 0 Å². The van der Waals surface area contributed by atoms with E-state index in [9.17, 15) is 10.1 Å². The van der Waals surface area contributed by atoms with Gasteiger partial charge in [0.25, 0.3) is 6.20 Å². The largest absolute Gasteiger partial charge is 0.370 e. The minimum absolute atomic E-state index is 0.418. The first kappa shape index (κ1) is 15.2. The van der Waals surface area contributed by atoms with E-state index in [1.165, 1.54) is 0 Å². The third-order valence-corrected chi connectivity index (χ3v) is 2.93. The highest BCUT2D eigenvalue weighted by Crippen LogP contribution is 2.14. The molecule has 104 valence electrons. The first-order chi connectivity index (χ1) is 8.97. The van der Waals surface area contributed by atoms with Crippen LogP contribution in [0.5, 0.6) is 0 Å². The highest BCUT2D eigenvalue weighted by atomic mass is 35.5. The standard InChI is InChI=1S/C12H17ClN4O2/c1-4-16(12(14-3)8-17(18)19)7-10-9(2)5-6-11(13)15-10/h5-6,8,14H,4,7H2,1-3H3. The Morgan fingerprint density at radius 3 is 2.84 bits per heavy atom. The Balaban J connectivity index is 2.98. The van der Waals surface area contributed by atoms with Crippen molar-refractivity contribution in [1.29, 1.82) is 0 Å². The fourth-order valence-corrected chi connectivity index (χ4v) is 1.82. The van der Waals surface area contributed by atoms with Crippen molar-refractivity contribution in [3.63, 3.8) is 0 Å². The van der Waals surface area contributed by atoms with Gasteiger partial charge in [-0.2, -0.15) is 0 Å². The maximum atomic E-state index is 10.6. The number of halogens is 1. The molecule has 0 aromatic carbocycles. The normalized spacial score (nSPS) is 11.3. The maximum Gasteiger partial charge on any atom is 0.274 e. The van der Waals surface area contributed by atoms with Crippen LogP contribution >= 0.6 is 11.6 Å². The van der Waals surface area contributed by atoms with E-state index in [2.05, 4.69) is 10.3 Å². The zero-order valence-electron chi connectivity index (χ0n) is 11.2. The summed E-state index contributed by atoms with van der Waals surface area (Å²) in [7, 11) is 1.65. The van der Waals surface area contributed by atoms with Crippen molar-refractivity contribution < 1.29 is 4.92 Å². The van der Waals surface area contributed by atoms with Crippen LogP contribution in [0.4, 0.5) is 0 Å². The monoisotopic (exact) mass is 284 g/mol. The van der Waals surface area contributed by atoms with Crippen molar-refractivity contribution in [3.8, 4) is 0 Å². The second-order valence-corrected chi connectivity index (χ2v) is 4.35. The van der Waals surface area contributed by atoms with Gasteiger partial charge < -0.3 is 10.2 Å². The summed E-state index contributed by atoms with van der Waals surface area (Å²) >= 11 is 5.87. The van der Waals surface area contributed by atoms with Gasteiger partial charge in [-0.1, -0.05) is 17.7 Å². The zero-order valence-corrected chi connectivity index (χ0v) is 11.9. The van der Waals surface area contributed by atoms with E-state index in [0.29, 0.717) is 24.1 Å². The minimum atomic E-state index is -0.479. The molecule has 1 aromatic rings. The molecule has 0 aliphatic rings. The first-order valence-corrected chi connectivity index (χ1v) is 6.25. The number of nitro groups is 1. The van der Waals surface area contributed by atoms with Crippen LogP contribution in [0.3, 0.4) is 0 Å². The molecule has 0 saturated carbocycles. The number of hydrogen-bond donors (Lipinski definition) is 1. The van der Waals surface area contributed by atoms with Gasteiger partial charge in [0, 0.05) is 13.6 Å². The number of rotatable bonds is 6. The molecule has 0 unspecified atom stereocenters. The number of nitrogens with one attached hydrogen (secondary N) is 1. The summed E-state index contributed by atoms with van der Waals surface area (Å²) in [5.74, 6) is 0.439. The molecule has 0 spiro atoms. The van der Waals surface area contributed by atoms with Gasteiger partial charge in [-0.15, -0.1) is 0 Å². The van der Waals surface area contributed by atoms with E-state index in [-0.39, 0.29) is 0 Å². The number of pyridine rings is 1. The van der Waals surface area contributed by atoms with E-state index in [4.69, 9.17) is 11.6 Å². The van der Waals surface area contributed by atoms with Gasteiger partial charge in [0.15, 0.2) is 5.82 Å². The minimum Gasteiger partial charge on any atom is -0.370 e. The van der Waals surface area contributed by atoms with Crippen molar-refractivity contribution in [1.82, 2.24) is 15.2 Å². The highest BCUT2D eigenvalue weighted by Gasteiger charge is 2.13. The summed E-state index contributed by atoms with van der Waals surface area (Å²) in [6.45, 7) is 4.94. The van der Waals surface area contributed by atoms with Crippen molar-refractivity contribution in [2.24, 2.45) is 0 Å². The Labute approximate surface area is 117 Å². The number of aryl methyl sites for hydroxylation is 1. The van der Waals surface area contributed by atoms with Gasteiger partial charge in [0.1, 0.15) is 5.15 Å². The lowest BCUT2D eigenvalue weighted by Crippen LogP contribution is -2.30. The molecule has 0 fully saturated rings. The van der Waals surface area contributed by atoms with Crippen molar-refractivity contribution in [2.45, 2.75) is 20.4 Å². The zero-order chi connectivity index (χ0) is 14.4. The molecule has 1 aromatic heterocycles. The van der Waals surface area contributed by atoms with E-state index in [0.717, 1.165) is 17.5 Å². The van der Waals surface area contributed by atoms with Crippen LogP contribution in [0.2, 0.25) is 5.15 Å². The van der Waals surface area contributed by atoms with Gasteiger partial charge >= 0.3 is 0 Å². The molecule has 0 radical (unpaired) electrons. The molecule has 0 bridgehead atoms. The predicted molar refractivity (Wildman–Crippen MR) is 74.2 cm³/mol. The quantitative estimate of drug-likeness (QED) is 0.492. The SMILES string of the molecule is CCN(Cc1nc(Cl)ccc1C)C(=C[N+](=O)[O-])NC. The lowest BCUT2D eigenvalue weighted by molar-refractivity contribution is -0.404. The second kappa shape index (κ2) is 6.94. The van der Waals surface area contributed by atoms with Crippen molar-refractivity contribution >= 4 is 11.6 Å². The molecule has 6 nitrogen and oxygen atoms in total. The fourth-order valence-electron chi connectivity index (χ4n) is 1.66. The molecule has 1 rings (SSSR count). The maximum absolute atomic E-state index is 10.6. The Morgan fingerprint density at radius 2 is 2.32 bits per heavy atom. The Morgan fingerprint density at radius 1 is 1.63 bits per heavy atom. The van der Waals surface area contributed by atoms with E-state index in [1.54, 1.807) is 13.1 Å². The molecular formula is C12H17ClN4O2. The van der Waals surface area contributed by atoms with E-state index < -0.39 is 4.92 Å². The van der Waals surface area contributed by atoms with Gasteiger partial charge in [-0.3, -0.25) is 10.1 Å². The second-order valence-electron chi connectivity index (χ2n) is 3.96. The third kappa shape index (κ3) is 4.40.